The van der Waals surface area contributed by atoms with Crippen LogP contribution in [0.5, 0.6) is 5.75 Å². The number of benzene rings is 2. The number of ether oxygens (including phenoxy) is 1. The number of halogens is 1. The summed E-state index contributed by atoms with van der Waals surface area (Å²) in [5.74, 6) is 0.801. The van der Waals surface area contributed by atoms with Crippen LogP contribution >= 0.6 is 11.6 Å². The molecule has 0 aliphatic carbocycles. The third-order valence-corrected chi connectivity index (χ3v) is 5.07. The highest BCUT2D eigenvalue weighted by molar-refractivity contribution is 6.32. The number of hydrogen-bond acceptors (Lipinski definition) is 3. The first-order valence-corrected chi connectivity index (χ1v) is 9.41. The van der Waals surface area contributed by atoms with Gasteiger partial charge in [-0.2, -0.15) is 0 Å². The van der Waals surface area contributed by atoms with Gasteiger partial charge >= 0.3 is 0 Å². The number of carbonyl (C=O) groups is 1. The minimum atomic E-state index is -0.0348. The van der Waals surface area contributed by atoms with Crippen LogP contribution in [0, 0.1) is 0 Å². The maximum Gasteiger partial charge on any atom is 0.185 e. The van der Waals surface area contributed by atoms with Crippen molar-refractivity contribution >= 4 is 23.5 Å². The van der Waals surface area contributed by atoms with Crippen LogP contribution in [-0.2, 0) is 6.54 Å². The van der Waals surface area contributed by atoms with Crippen LogP contribution in [0.15, 0.2) is 48.5 Å². The van der Waals surface area contributed by atoms with Crippen molar-refractivity contribution in [1.29, 1.82) is 0 Å². The fraction of sp³-hybridized carbons (Fsp3) is 0.318. The van der Waals surface area contributed by atoms with Crippen molar-refractivity contribution in [2.75, 3.05) is 20.2 Å². The van der Waals surface area contributed by atoms with Crippen molar-refractivity contribution in [3.05, 3.63) is 70.3 Å². The van der Waals surface area contributed by atoms with Gasteiger partial charge < -0.3 is 4.74 Å². The monoisotopic (exact) mass is 369 g/mol. The van der Waals surface area contributed by atoms with E-state index in [0.717, 1.165) is 36.5 Å². The zero-order valence-corrected chi connectivity index (χ0v) is 15.8. The van der Waals surface area contributed by atoms with Gasteiger partial charge in [-0.25, -0.2) is 0 Å². The molecule has 1 aliphatic rings. The molecule has 0 saturated carbocycles. The quantitative estimate of drug-likeness (QED) is 0.515. The van der Waals surface area contributed by atoms with Crippen molar-refractivity contribution in [3.8, 4) is 5.75 Å². The third-order valence-electron chi connectivity index (χ3n) is 4.73. The van der Waals surface area contributed by atoms with Crippen LogP contribution in [0.3, 0.4) is 0 Å². The highest BCUT2D eigenvalue weighted by Crippen LogP contribution is 2.24. The van der Waals surface area contributed by atoms with Gasteiger partial charge in [0.1, 0.15) is 5.75 Å². The summed E-state index contributed by atoms with van der Waals surface area (Å²) in [5.41, 5.74) is 2.57. The molecule has 1 aliphatic heterocycles. The molecule has 26 heavy (non-hydrogen) atoms. The summed E-state index contributed by atoms with van der Waals surface area (Å²) in [5, 5.41) is 0.636. The van der Waals surface area contributed by atoms with Gasteiger partial charge in [-0.05, 0) is 67.9 Å². The Kier molecular flexibility index (Phi) is 6.48. The summed E-state index contributed by atoms with van der Waals surface area (Å²) in [7, 11) is 1.67. The smallest absolute Gasteiger partial charge is 0.185 e. The van der Waals surface area contributed by atoms with Crippen LogP contribution in [0.1, 0.15) is 40.7 Å². The maximum absolute atomic E-state index is 12.6. The minimum absolute atomic E-state index is 0.0348. The number of likely N-dealkylation sites (tertiary alicyclic amines) is 1. The Bertz CT molecular complexity index is 794. The normalized spacial score (nSPS) is 15.3. The Hall–Kier alpha value is -2.10. The Morgan fingerprint density at radius 1 is 1.15 bits per heavy atom. The number of allylic oxidation sites excluding steroid dienone is 1. The van der Waals surface area contributed by atoms with E-state index in [1.807, 2.05) is 42.5 Å². The summed E-state index contributed by atoms with van der Waals surface area (Å²) < 4.78 is 5.49. The van der Waals surface area contributed by atoms with E-state index in [0.29, 0.717) is 10.6 Å². The van der Waals surface area contributed by atoms with E-state index in [1.165, 1.54) is 19.3 Å². The first-order chi connectivity index (χ1) is 12.7. The van der Waals surface area contributed by atoms with Crippen molar-refractivity contribution in [2.24, 2.45) is 0 Å². The summed E-state index contributed by atoms with van der Waals surface area (Å²) in [6.45, 7) is 3.03. The number of piperidine rings is 1. The first kappa shape index (κ1) is 18.7. The Morgan fingerprint density at radius 2 is 1.92 bits per heavy atom. The van der Waals surface area contributed by atoms with Gasteiger partial charge in [0, 0.05) is 22.7 Å². The lowest BCUT2D eigenvalue weighted by atomic mass is 10.0. The molecule has 0 N–H and O–H groups in total. The molecule has 2 aromatic rings. The summed E-state index contributed by atoms with van der Waals surface area (Å²) in [6.07, 6.45) is 7.12. The van der Waals surface area contributed by atoms with Crippen LogP contribution < -0.4 is 4.74 Å². The molecule has 1 heterocycles. The van der Waals surface area contributed by atoms with Gasteiger partial charge in [0.15, 0.2) is 5.78 Å². The summed E-state index contributed by atoms with van der Waals surface area (Å²) in [4.78, 5) is 15.0. The number of rotatable bonds is 6. The average Bonchev–Trinajstić information content (AvgIpc) is 2.68. The molecule has 3 rings (SSSR count). The molecule has 136 valence electrons. The Morgan fingerprint density at radius 3 is 2.65 bits per heavy atom. The van der Waals surface area contributed by atoms with E-state index in [9.17, 15) is 4.79 Å². The van der Waals surface area contributed by atoms with Gasteiger partial charge in [-0.15, -0.1) is 0 Å². The fourth-order valence-electron chi connectivity index (χ4n) is 3.29. The molecule has 0 unspecified atom stereocenters. The van der Waals surface area contributed by atoms with Crippen LogP contribution in [0.2, 0.25) is 5.02 Å². The van der Waals surface area contributed by atoms with Gasteiger partial charge in [-0.1, -0.05) is 36.2 Å². The summed E-state index contributed by atoms with van der Waals surface area (Å²) >= 11 is 6.14. The average molecular weight is 370 g/mol. The second kappa shape index (κ2) is 9.02. The van der Waals surface area contributed by atoms with E-state index in [2.05, 4.69) is 4.90 Å². The topological polar surface area (TPSA) is 29.5 Å². The molecule has 0 aromatic heterocycles. The van der Waals surface area contributed by atoms with E-state index < -0.39 is 0 Å². The van der Waals surface area contributed by atoms with Gasteiger partial charge in [0.25, 0.3) is 0 Å². The predicted molar refractivity (Wildman–Crippen MR) is 107 cm³/mol. The lowest BCUT2D eigenvalue weighted by molar-refractivity contribution is 0.104. The van der Waals surface area contributed by atoms with Crippen LogP contribution in [0.4, 0.5) is 0 Å². The molecule has 1 fully saturated rings. The number of methoxy groups -OCH3 is 1. The van der Waals surface area contributed by atoms with Crippen molar-refractivity contribution < 1.29 is 9.53 Å². The van der Waals surface area contributed by atoms with Crippen molar-refractivity contribution in [1.82, 2.24) is 4.90 Å². The minimum Gasteiger partial charge on any atom is -0.496 e. The first-order valence-electron chi connectivity index (χ1n) is 9.03. The zero-order chi connectivity index (χ0) is 18.4. The number of ketones is 1. The van der Waals surface area contributed by atoms with E-state index in [4.69, 9.17) is 16.3 Å². The predicted octanol–water partition coefficient (Wildman–Crippen LogP) is 5.23. The Labute approximate surface area is 160 Å². The summed E-state index contributed by atoms with van der Waals surface area (Å²) in [6, 6.07) is 13.1. The largest absolute Gasteiger partial charge is 0.496 e. The van der Waals surface area contributed by atoms with Crippen molar-refractivity contribution in [2.45, 2.75) is 25.8 Å². The maximum atomic E-state index is 12.6. The standard InChI is InChI=1S/C22H24ClNO2/c1-26-22-12-10-18(15-19(22)16-24-13-5-2-6-14-24)21(25)11-9-17-7-3-4-8-20(17)23/h3-4,7-12,15H,2,5-6,13-14,16H2,1H3. The van der Waals surface area contributed by atoms with Gasteiger partial charge in [-0.3, -0.25) is 9.69 Å². The van der Waals surface area contributed by atoms with Gasteiger partial charge in [0.2, 0.25) is 0 Å². The van der Waals surface area contributed by atoms with Crippen LogP contribution in [-0.4, -0.2) is 30.9 Å². The van der Waals surface area contributed by atoms with Gasteiger partial charge in [0.05, 0.1) is 7.11 Å². The van der Waals surface area contributed by atoms with Crippen LogP contribution in [0.25, 0.3) is 6.08 Å². The Balaban J connectivity index is 1.77. The molecule has 4 heteroatoms. The second-order valence-corrected chi connectivity index (χ2v) is 6.99. The number of carbonyl (C=O) groups excluding carboxylic acids is 1. The lowest BCUT2D eigenvalue weighted by Gasteiger charge is -2.27. The SMILES string of the molecule is COc1ccc(C(=O)C=Cc2ccccc2Cl)cc1CN1CCCCC1. The fourth-order valence-corrected chi connectivity index (χ4v) is 3.48. The number of hydrogen-bond donors (Lipinski definition) is 0. The highest BCUT2D eigenvalue weighted by atomic mass is 35.5. The molecule has 0 atom stereocenters. The third kappa shape index (κ3) is 4.75. The number of nitrogens with zero attached hydrogens (tertiary/aromatic N) is 1. The molecule has 0 radical (unpaired) electrons. The van der Waals surface area contributed by atoms with E-state index in [-0.39, 0.29) is 5.78 Å². The highest BCUT2D eigenvalue weighted by Gasteiger charge is 2.14. The molecule has 3 nitrogen and oxygen atoms in total. The molecule has 0 amide bonds. The van der Waals surface area contributed by atoms with E-state index in [1.54, 1.807) is 19.3 Å². The molecule has 0 bridgehead atoms. The molecular weight excluding hydrogens is 346 g/mol. The zero-order valence-electron chi connectivity index (χ0n) is 15.1. The van der Waals surface area contributed by atoms with Crippen molar-refractivity contribution in [3.63, 3.8) is 0 Å². The molecule has 0 spiro atoms. The molecular formula is C22H24ClNO2. The second-order valence-electron chi connectivity index (χ2n) is 6.58. The van der Waals surface area contributed by atoms with E-state index >= 15 is 0 Å². The lowest BCUT2D eigenvalue weighted by Crippen LogP contribution is -2.29. The molecule has 1 saturated heterocycles. The molecule has 2 aromatic carbocycles.